The van der Waals surface area contributed by atoms with Gasteiger partial charge < -0.3 is 14.8 Å². The molecule has 122 valence electrons. The van der Waals surface area contributed by atoms with Crippen molar-refractivity contribution in [2.24, 2.45) is 0 Å². The van der Waals surface area contributed by atoms with E-state index in [4.69, 9.17) is 9.47 Å². The van der Waals surface area contributed by atoms with Gasteiger partial charge in [-0.3, -0.25) is 4.79 Å². The predicted octanol–water partition coefficient (Wildman–Crippen LogP) is 3.26. The van der Waals surface area contributed by atoms with Crippen molar-refractivity contribution in [2.45, 2.75) is 19.4 Å². The summed E-state index contributed by atoms with van der Waals surface area (Å²) in [4.78, 5) is 12.2. The lowest BCUT2D eigenvalue weighted by Crippen LogP contribution is -2.28. The minimum absolute atomic E-state index is 0.145. The monoisotopic (exact) mass is 317 g/mol. The van der Waals surface area contributed by atoms with Gasteiger partial charge in [0.25, 0.3) is 0 Å². The van der Waals surface area contributed by atoms with E-state index in [-0.39, 0.29) is 24.2 Å². The standard InChI is InChI=1S/C18H20FNO3/c1-12(13-4-6-15(19)7-5-13)20-18(21)11-14-10-16(22-2)8-9-17(14)23-3/h4-10,12H,11H2,1-3H3,(H,20,21)/t12-/m1/s1. The third kappa shape index (κ3) is 4.45. The van der Waals surface area contributed by atoms with E-state index < -0.39 is 0 Å². The van der Waals surface area contributed by atoms with E-state index in [2.05, 4.69) is 5.32 Å². The second-order valence-corrected chi connectivity index (χ2v) is 5.20. The van der Waals surface area contributed by atoms with Crippen molar-refractivity contribution in [3.63, 3.8) is 0 Å². The van der Waals surface area contributed by atoms with Crippen LogP contribution in [0.3, 0.4) is 0 Å². The van der Waals surface area contributed by atoms with Crippen molar-refractivity contribution in [3.05, 3.63) is 59.4 Å². The number of carbonyl (C=O) groups is 1. The number of halogens is 1. The summed E-state index contributed by atoms with van der Waals surface area (Å²) in [6.45, 7) is 1.86. The van der Waals surface area contributed by atoms with Crippen molar-refractivity contribution < 1.29 is 18.7 Å². The molecule has 0 saturated carbocycles. The molecule has 4 nitrogen and oxygen atoms in total. The highest BCUT2D eigenvalue weighted by Crippen LogP contribution is 2.24. The summed E-state index contributed by atoms with van der Waals surface area (Å²) in [5.74, 6) is 0.859. The number of hydrogen-bond acceptors (Lipinski definition) is 3. The van der Waals surface area contributed by atoms with Gasteiger partial charge in [-0.2, -0.15) is 0 Å². The Hall–Kier alpha value is -2.56. The van der Waals surface area contributed by atoms with Gasteiger partial charge in [-0.25, -0.2) is 4.39 Å². The predicted molar refractivity (Wildman–Crippen MR) is 86.2 cm³/mol. The Labute approximate surface area is 135 Å². The molecule has 5 heteroatoms. The van der Waals surface area contributed by atoms with E-state index in [9.17, 15) is 9.18 Å². The number of rotatable bonds is 6. The number of methoxy groups -OCH3 is 2. The molecule has 0 aliphatic rings. The van der Waals surface area contributed by atoms with Gasteiger partial charge in [-0.05, 0) is 42.8 Å². The minimum Gasteiger partial charge on any atom is -0.497 e. The molecule has 2 aromatic carbocycles. The van der Waals surface area contributed by atoms with Crippen molar-refractivity contribution in [3.8, 4) is 11.5 Å². The van der Waals surface area contributed by atoms with Gasteiger partial charge >= 0.3 is 0 Å². The van der Waals surface area contributed by atoms with Gasteiger partial charge in [-0.1, -0.05) is 12.1 Å². The number of nitrogens with one attached hydrogen (secondary N) is 1. The zero-order chi connectivity index (χ0) is 16.8. The molecule has 2 aromatic rings. The van der Waals surface area contributed by atoms with Gasteiger partial charge in [0, 0.05) is 5.56 Å². The van der Waals surface area contributed by atoms with E-state index in [0.717, 1.165) is 11.1 Å². The van der Waals surface area contributed by atoms with Gasteiger partial charge in [0.05, 0.1) is 26.7 Å². The van der Waals surface area contributed by atoms with Crippen molar-refractivity contribution in [2.75, 3.05) is 14.2 Å². The number of amides is 1. The molecule has 0 aliphatic carbocycles. The van der Waals surface area contributed by atoms with E-state index in [1.165, 1.54) is 12.1 Å². The van der Waals surface area contributed by atoms with E-state index in [1.54, 1.807) is 44.6 Å². The Bertz CT molecular complexity index is 670. The second-order valence-electron chi connectivity index (χ2n) is 5.20. The molecule has 0 aromatic heterocycles. The maximum absolute atomic E-state index is 12.9. The van der Waals surface area contributed by atoms with E-state index >= 15 is 0 Å². The van der Waals surface area contributed by atoms with Crippen LogP contribution in [-0.4, -0.2) is 20.1 Å². The Kier molecular flexibility index (Phi) is 5.57. The third-order valence-corrected chi connectivity index (χ3v) is 3.59. The van der Waals surface area contributed by atoms with Crippen LogP contribution in [-0.2, 0) is 11.2 Å². The highest BCUT2D eigenvalue weighted by molar-refractivity contribution is 5.80. The number of benzene rings is 2. The minimum atomic E-state index is -0.298. The summed E-state index contributed by atoms with van der Waals surface area (Å²) in [5.41, 5.74) is 1.59. The van der Waals surface area contributed by atoms with Crippen LogP contribution in [0.2, 0.25) is 0 Å². The zero-order valence-electron chi connectivity index (χ0n) is 13.4. The number of carbonyl (C=O) groups excluding carboxylic acids is 1. The molecule has 1 N–H and O–H groups in total. The Balaban J connectivity index is 2.05. The van der Waals surface area contributed by atoms with Crippen LogP contribution in [0.5, 0.6) is 11.5 Å². The van der Waals surface area contributed by atoms with Crippen LogP contribution in [0, 0.1) is 5.82 Å². The molecule has 0 bridgehead atoms. The maximum Gasteiger partial charge on any atom is 0.225 e. The summed E-state index contributed by atoms with van der Waals surface area (Å²) >= 11 is 0. The van der Waals surface area contributed by atoms with E-state index in [1.807, 2.05) is 6.92 Å². The highest BCUT2D eigenvalue weighted by Gasteiger charge is 2.13. The smallest absolute Gasteiger partial charge is 0.225 e. The largest absolute Gasteiger partial charge is 0.497 e. The van der Waals surface area contributed by atoms with Gasteiger partial charge in [0.1, 0.15) is 17.3 Å². The lowest BCUT2D eigenvalue weighted by atomic mass is 10.1. The summed E-state index contributed by atoms with van der Waals surface area (Å²) < 4.78 is 23.4. The van der Waals surface area contributed by atoms with Gasteiger partial charge in [0.15, 0.2) is 0 Å². The van der Waals surface area contributed by atoms with E-state index in [0.29, 0.717) is 11.5 Å². The van der Waals surface area contributed by atoms with Crippen LogP contribution in [0.15, 0.2) is 42.5 Å². The Morgan fingerprint density at radius 3 is 2.43 bits per heavy atom. The molecule has 0 fully saturated rings. The molecule has 2 rings (SSSR count). The topological polar surface area (TPSA) is 47.6 Å². The quantitative estimate of drug-likeness (QED) is 0.889. The number of ether oxygens (including phenoxy) is 2. The SMILES string of the molecule is COc1ccc(OC)c(CC(=O)N[C@H](C)c2ccc(F)cc2)c1. The molecular weight excluding hydrogens is 297 g/mol. The van der Waals surface area contributed by atoms with Crippen LogP contribution in [0.25, 0.3) is 0 Å². The fourth-order valence-corrected chi connectivity index (χ4v) is 2.32. The summed E-state index contributed by atoms with van der Waals surface area (Å²) in [5, 5.41) is 2.90. The van der Waals surface area contributed by atoms with Crippen LogP contribution in [0.1, 0.15) is 24.1 Å². The van der Waals surface area contributed by atoms with Crippen molar-refractivity contribution in [1.82, 2.24) is 5.32 Å². The average molecular weight is 317 g/mol. The lowest BCUT2D eigenvalue weighted by molar-refractivity contribution is -0.121. The van der Waals surface area contributed by atoms with Gasteiger partial charge in [-0.15, -0.1) is 0 Å². The maximum atomic E-state index is 12.9. The molecule has 1 amide bonds. The molecule has 0 spiro atoms. The summed E-state index contributed by atoms with van der Waals surface area (Å²) in [6.07, 6.45) is 0.173. The molecule has 0 aliphatic heterocycles. The van der Waals surface area contributed by atoms with Crippen molar-refractivity contribution >= 4 is 5.91 Å². The molecule has 0 heterocycles. The first kappa shape index (κ1) is 16.8. The number of hydrogen-bond donors (Lipinski definition) is 1. The third-order valence-electron chi connectivity index (χ3n) is 3.59. The fraction of sp³-hybridized carbons (Fsp3) is 0.278. The Morgan fingerprint density at radius 1 is 1.13 bits per heavy atom. The molecule has 1 atom stereocenters. The van der Waals surface area contributed by atoms with Crippen molar-refractivity contribution in [1.29, 1.82) is 0 Å². The second kappa shape index (κ2) is 7.63. The normalized spacial score (nSPS) is 11.7. The highest BCUT2D eigenvalue weighted by atomic mass is 19.1. The first-order valence-electron chi connectivity index (χ1n) is 7.29. The first-order chi connectivity index (χ1) is 11.0. The fourth-order valence-electron chi connectivity index (χ4n) is 2.32. The molecule has 0 saturated heterocycles. The summed E-state index contributed by atoms with van der Waals surface area (Å²) in [7, 11) is 3.13. The lowest BCUT2D eigenvalue weighted by Gasteiger charge is -2.15. The Morgan fingerprint density at radius 2 is 1.83 bits per heavy atom. The zero-order valence-corrected chi connectivity index (χ0v) is 13.4. The van der Waals surface area contributed by atoms with Crippen LogP contribution >= 0.6 is 0 Å². The molecule has 0 unspecified atom stereocenters. The molecular formula is C18H20FNO3. The first-order valence-corrected chi connectivity index (χ1v) is 7.29. The van der Waals surface area contributed by atoms with Crippen LogP contribution < -0.4 is 14.8 Å². The van der Waals surface area contributed by atoms with Crippen LogP contribution in [0.4, 0.5) is 4.39 Å². The molecule has 0 radical (unpaired) electrons. The average Bonchev–Trinajstić information content (AvgIpc) is 2.55. The van der Waals surface area contributed by atoms with Gasteiger partial charge in [0.2, 0.25) is 5.91 Å². The molecule has 23 heavy (non-hydrogen) atoms. The summed E-state index contributed by atoms with van der Waals surface area (Å²) in [6, 6.07) is 11.2.